The van der Waals surface area contributed by atoms with Gasteiger partial charge in [0.1, 0.15) is 0 Å². The predicted molar refractivity (Wildman–Crippen MR) is 62.4 cm³/mol. The molecule has 0 atom stereocenters. The van der Waals surface area contributed by atoms with Gasteiger partial charge in [0.15, 0.2) is 9.84 Å². The number of aliphatic hydroxyl groups is 1. The van der Waals surface area contributed by atoms with E-state index in [9.17, 15) is 13.2 Å². The Kier molecular flexibility index (Phi) is 4.65. The number of ether oxygens (including phenoxy) is 1. The topological polar surface area (TPSA) is 80.7 Å². The van der Waals surface area contributed by atoms with Crippen LogP contribution in [0.3, 0.4) is 0 Å². The van der Waals surface area contributed by atoms with Crippen LogP contribution < -0.4 is 0 Å². The van der Waals surface area contributed by atoms with Crippen LogP contribution in [0.5, 0.6) is 0 Å². The van der Waals surface area contributed by atoms with Crippen LogP contribution in [-0.2, 0) is 20.3 Å². The van der Waals surface area contributed by atoms with E-state index < -0.39 is 15.8 Å². The highest BCUT2D eigenvalue weighted by atomic mass is 32.2. The van der Waals surface area contributed by atoms with Gasteiger partial charge in [0.25, 0.3) is 0 Å². The van der Waals surface area contributed by atoms with Gasteiger partial charge < -0.3 is 9.84 Å². The molecule has 0 aromatic heterocycles. The van der Waals surface area contributed by atoms with Gasteiger partial charge >= 0.3 is 5.97 Å². The fraction of sp³-hybridized carbons (Fsp3) is 0.364. The van der Waals surface area contributed by atoms with Crippen molar-refractivity contribution in [2.45, 2.75) is 5.75 Å². The van der Waals surface area contributed by atoms with Crippen molar-refractivity contribution in [1.82, 2.24) is 0 Å². The highest BCUT2D eigenvalue weighted by Gasteiger charge is 2.12. The molecule has 0 spiro atoms. The van der Waals surface area contributed by atoms with Gasteiger partial charge in [0.2, 0.25) is 0 Å². The number of carbonyl (C=O) groups excluding carboxylic acids is 1. The molecule has 17 heavy (non-hydrogen) atoms. The minimum atomic E-state index is -3.29. The first kappa shape index (κ1) is 13.7. The van der Waals surface area contributed by atoms with Crippen molar-refractivity contribution < 1.29 is 23.1 Å². The zero-order valence-corrected chi connectivity index (χ0v) is 10.2. The molecule has 0 aliphatic rings. The largest absolute Gasteiger partial charge is 0.465 e. The molecule has 0 aliphatic carbocycles. The van der Waals surface area contributed by atoms with E-state index in [1.807, 2.05) is 0 Å². The number of hydrogen-bond donors (Lipinski definition) is 1. The average molecular weight is 258 g/mol. The first-order valence-electron chi connectivity index (χ1n) is 4.97. The van der Waals surface area contributed by atoms with Crippen LogP contribution >= 0.6 is 0 Å². The third-order valence-corrected chi connectivity index (χ3v) is 3.74. The molecule has 5 nitrogen and oxygen atoms in total. The molecule has 6 heteroatoms. The van der Waals surface area contributed by atoms with Crippen LogP contribution in [-0.4, -0.2) is 39.0 Å². The average Bonchev–Trinajstić information content (AvgIpc) is 2.28. The third-order valence-electron chi connectivity index (χ3n) is 2.16. The van der Waals surface area contributed by atoms with Gasteiger partial charge in [-0.3, -0.25) is 0 Å². The number of aliphatic hydroxyl groups excluding tert-OH is 1. The predicted octanol–water partition coefficient (Wildman–Crippen LogP) is 0.380. The smallest absolute Gasteiger partial charge is 0.337 e. The van der Waals surface area contributed by atoms with Gasteiger partial charge in [-0.25, -0.2) is 13.2 Å². The summed E-state index contributed by atoms with van der Waals surface area (Å²) >= 11 is 0. The normalized spacial score (nSPS) is 11.2. The second kappa shape index (κ2) is 5.79. The second-order valence-corrected chi connectivity index (χ2v) is 5.69. The van der Waals surface area contributed by atoms with Gasteiger partial charge in [-0.2, -0.15) is 0 Å². The van der Waals surface area contributed by atoms with E-state index in [1.54, 1.807) is 12.1 Å². The number of rotatable bonds is 5. The fourth-order valence-corrected chi connectivity index (χ4v) is 2.44. The molecule has 0 bridgehead atoms. The molecule has 0 amide bonds. The van der Waals surface area contributed by atoms with Crippen molar-refractivity contribution in [3.05, 3.63) is 35.4 Å². The van der Waals surface area contributed by atoms with Gasteiger partial charge in [-0.1, -0.05) is 12.1 Å². The highest BCUT2D eigenvalue weighted by Crippen LogP contribution is 2.09. The zero-order valence-electron chi connectivity index (χ0n) is 9.42. The maximum Gasteiger partial charge on any atom is 0.337 e. The van der Waals surface area contributed by atoms with Crippen LogP contribution in [0.15, 0.2) is 24.3 Å². The number of benzene rings is 1. The number of methoxy groups -OCH3 is 1. The minimum Gasteiger partial charge on any atom is -0.465 e. The van der Waals surface area contributed by atoms with Crippen molar-refractivity contribution in [3.63, 3.8) is 0 Å². The Morgan fingerprint density at radius 1 is 1.29 bits per heavy atom. The summed E-state index contributed by atoms with van der Waals surface area (Å²) in [4.78, 5) is 11.1. The second-order valence-electron chi connectivity index (χ2n) is 3.50. The number of esters is 1. The van der Waals surface area contributed by atoms with E-state index in [0.29, 0.717) is 11.1 Å². The third kappa shape index (κ3) is 4.16. The van der Waals surface area contributed by atoms with Gasteiger partial charge in [-0.15, -0.1) is 0 Å². The van der Waals surface area contributed by atoms with Crippen LogP contribution in [0, 0.1) is 0 Å². The molecule has 0 heterocycles. The van der Waals surface area contributed by atoms with Crippen LogP contribution in [0.2, 0.25) is 0 Å². The van der Waals surface area contributed by atoms with Gasteiger partial charge in [0, 0.05) is 0 Å². The molecule has 0 aliphatic heterocycles. The molecule has 0 unspecified atom stereocenters. The standard InChI is InChI=1S/C11H14O5S/c1-16-11(13)10-4-2-9(3-5-10)8-17(14,15)7-6-12/h2-5,12H,6-8H2,1H3. The van der Waals surface area contributed by atoms with Gasteiger partial charge in [0.05, 0.1) is 30.8 Å². The molecule has 0 saturated heterocycles. The molecule has 1 aromatic rings. The van der Waals surface area contributed by atoms with Crippen molar-refractivity contribution in [2.75, 3.05) is 19.5 Å². The van der Waals surface area contributed by atoms with Crippen molar-refractivity contribution in [1.29, 1.82) is 0 Å². The summed E-state index contributed by atoms with van der Waals surface area (Å²) in [5.74, 6) is -0.865. The lowest BCUT2D eigenvalue weighted by Gasteiger charge is -2.04. The summed E-state index contributed by atoms with van der Waals surface area (Å²) in [5.41, 5.74) is 0.946. The molecule has 94 valence electrons. The Bertz CT molecular complexity index is 475. The lowest BCUT2D eigenvalue weighted by Crippen LogP contribution is -2.12. The highest BCUT2D eigenvalue weighted by molar-refractivity contribution is 7.90. The monoisotopic (exact) mass is 258 g/mol. The number of hydrogen-bond acceptors (Lipinski definition) is 5. The van der Waals surface area contributed by atoms with Crippen molar-refractivity contribution >= 4 is 15.8 Å². The van der Waals surface area contributed by atoms with E-state index in [-0.39, 0.29) is 18.1 Å². The fourth-order valence-electron chi connectivity index (χ4n) is 1.32. The first-order chi connectivity index (χ1) is 7.98. The summed E-state index contributed by atoms with van der Waals surface area (Å²) in [6, 6.07) is 6.13. The van der Waals surface area contributed by atoms with E-state index >= 15 is 0 Å². The van der Waals surface area contributed by atoms with E-state index in [4.69, 9.17) is 5.11 Å². The van der Waals surface area contributed by atoms with Crippen LogP contribution in [0.1, 0.15) is 15.9 Å². The molecule has 1 N–H and O–H groups in total. The minimum absolute atomic E-state index is 0.144. The molecular weight excluding hydrogens is 244 g/mol. The Morgan fingerprint density at radius 3 is 2.35 bits per heavy atom. The molecule has 0 fully saturated rings. The summed E-state index contributed by atoms with van der Waals surface area (Å²) in [6.07, 6.45) is 0. The maximum absolute atomic E-state index is 11.4. The Balaban J connectivity index is 2.79. The Morgan fingerprint density at radius 2 is 1.88 bits per heavy atom. The Labute approximate surface area is 100.0 Å². The molecule has 1 rings (SSSR count). The molecule has 0 radical (unpaired) electrons. The summed E-state index contributed by atoms with van der Waals surface area (Å²) in [7, 11) is -2.01. The quantitative estimate of drug-likeness (QED) is 0.772. The molecule has 0 saturated carbocycles. The number of carbonyl (C=O) groups is 1. The van der Waals surface area contributed by atoms with E-state index in [0.717, 1.165) is 0 Å². The molecule has 1 aromatic carbocycles. The summed E-state index contributed by atoms with van der Waals surface area (Å²) in [6.45, 7) is -0.386. The van der Waals surface area contributed by atoms with Crippen LogP contribution in [0.25, 0.3) is 0 Å². The maximum atomic E-state index is 11.4. The van der Waals surface area contributed by atoms with Crippen LogP contribution in [0.4, 0.5) is 0 Å². The van der Waals surface area contributed by atoms with Crippen molar-refractivity contribution in [3.8, 4) is 0 Å². The Hall–Kier alpha value is -1.40. The first-order valence-corrected chi connectivity index (χ1v) is 6.79. The van der Waals surface area contributed by atoms with Gasteiger partial charge in [-0.05, 0) is 17.7 Å². The molecular formula is C11H14O5S. The zero-order chi connectivity index (χ0) is 12.9. The van der Waals surface area contributed by atoms with Crippen molar-refractivity contribution in [2.24, 2.45) is 0 Å². The van der Waals surface area contributed by atoms with E-state index in [2.05, 4.69) is 4.74 Å². The number of sulfone groups is 1. The lowest BCUT2D eigenvalue weighted by molar-refractivity contribution is 0.0600. The summed E-state index contributed by atoms with van der Waals surface area (Å²) in [5, 5.41) is 8.59. The lowest BCUT2D eigenvalue weighted by atomic mass is 10.1. The SMILES string of the molecule is COC(=O)c1ccc(CS(=O)(=O)CCO)cc1. The summed E-state index contributed by atoms with van der Waals surface area (Å²) < 4.78 is 27.4. The van der Waals surface area contributed by atoms with E-state index in [1.165, 1.54) is 19.2 Å².